The molecule has 0 fully saturated rings. The summed E-state index contributed by atoms with van der Waals surface area (Å²) in [6.07, 6.45) is 4.30. The molecule has 1 amide bonds. The van der Waals surface area contributed by atoms with Gasteiger partial charge in [0.2, 0.25) is 5.91 Å². The van der Waals surface area contributed by atoms with Gasteiger partial charge in [-0.1, -0.05) is 29.8 Å². The Hall–Kier alpha value is -2.70. The number of rotatable bonds is 4. The lowest BCUT2D eigenvalue weighted by Crippen LogP contribution is -2.24. The van der Waals surface area contributed by atoms with E-state index in [9.17, 15) is 9.18 Å². The number of hydrogen-bond donors (Lipinski definition) is 2. The zero-order chi connectivity index (χ0) is 19.8. The minimum absolute atomic E-state index is 0.111. The molecule has 1 aliphatic carbocycles. The van der Waals surface area contributed by atoms with E-state index in [4.69, 9.17) is 23.2 Å². The molecular weight excluding hydrogens is 402 g/mol. The van der Waals surface area contributed by atoms with Gasteiger partial charge in [-0.05, 0) is 54.3 Å². The molecule has 8 heteroatoms. The van der Waals surface area contributed by atoms with Crippen LogP contribution in [-0.2, 0) is 11.2 Å². The molecule has 0 saturated carbocycles. The second-order valence-electron chi connectivity index (χ2n) is 6.44. The first-order valence-electron chi connectivity index (χ1n) is 8.59. The Labute approximate surface area is 170 Å². The van der Waals surface area contributed by atoms with Gasteiger partial charge in [0, 0.05) is 5.39 Å². The van der Waals surface area contributed by atoms with Crippen molar-refractivity contribution in [2.24, 2.45) is 0 Å². The van der Waals surface area contributed by atoms with Gasteiger partial charge in [-0.2, -0.15) is 0 Å². The van der Waals surface area contributed by atoms with E-state index < -0.39 is 5.82 Å². The van der Waals surface area contributed by atoms with Crippen molar-refractivity contribution in [2.45, 2.75) is 18.9 Å². The van der Waals surface area contributed by atoms with Crippen LogP contribution in [0.1, 0.15) is 23.6 Å². The number of hydrogen-bond acceptors (Lipinski definition) is 4. The van der Waals surface area contributed by atoms with Gasteiger partial charge >= 0.3 is 0 Å². The van der Waals surface area contributed by atoms with Crippen molar-refractivity contribution in [2.75, 3.05) is 5.32 Å². The normalized spacial score (nSPS) is 15.3. The summed E-state index contributed by atoms with van der Waals surface area (Å²) in [5, 5.41) is 6.59. The molecule has 0 bridgehead atoms. The summed E-state index contributed by atoms with van der Waals surface area (Å²) >= 11 is 11.7. The number of aromatic nitrogens is 2. The van der Waals surface area contributed by atoms with E-state index in [1.54, 1.807) is 0 Å². The fourth-order valence-corrected chi connectivity index (χ4v) is 3.70. The third-order valence-electron chi connectivity index (χ3n) is 4.76. The lowest BCUT2D eigenvalue weighted by atomic mass is 10.0. The number of carbonyl (C=O) groups is 1. The zero-order valence-corrected chi connectivity index (χ0v) is 16.1. The number of nitrogens with one attached hydrogen (secondary N) is 2. The van der Waals surface area contributed by atoms with Crippen LogP contribution in [0.25, 0.3) is 10.9 Å². The van der Waals surface area contributed by atoms with Gasteiger partial charge in [0.1, 0.15) is 12.1 Å². The molecule has 1 unspecified atom stereocenters. The highest BCUT2D eigenvalue weighted by Gasteiger charge is 2.25. The van der Waals surface area contributed by atoms with E-state index in [1.807, 2.05) is 12.1 Å². The van der Waals surface area contributed by atoms with Gasteiger partial charge < -0.3 is 10.6 Å². The molecular formula is C20H15Cl2FN4O. The molecule has 1 atom stereocenters. The van der Waals surface area contributed by atoms with Crippen molar-refractivity contribution in [1.82, 2.24) is 15.3 Å². The number of anilines is 2. The molecule has 0 spiro atoms. The highest BCUT2D eigenvalue weighted by atomic mass is 35.5. The molecule has 2 aromatic carbocycles. The van der Waals surface area contributed by atoms with E-state index >= 15 is 0 Å². The average Bonchev–Trinajstić information content (AvgIpc) is 3.08. The monoisotopic (exact) mass is 416 g/mol. The van der Waals surface area contributed by atoms with Crippen LogP contribution in [0.5, 0.6) is 0 Å². The van der Waals surface area contributed by atoms with E-state index in [2.05, 4.69) is 27.2 Å². The van der Waals surface area contributed by atoms with Crippen molar-refractivity contribution in [1.29, 1.82) is 0 Å². The van der Waals surface area contributed by atoms with Crippen LogP contribution in [0, 0.1) is 5.82 Å². The second kappa shape index (κ2) is 7.37. The zero-order valence-electron chi connectivity index (χ0n) is 14.6. The molecule has 4 rings (SSSR count). The molecule has 5 nitrogen and oxygen atoms in total. The molecule has 0 saturated heterocycles. The van der Waals surface area contributed by atoms with Crippen LogP contribution in [0.4, 0.5) is 15.9 Å². The first-order valence-corrected chi connectivity index (χ1v) is 9.34. The highest BCUT2D eigenvalue weighted by Crippen LogP contribution is 2.37. The van der Waals surface area contributed by atoms with Gasteiger partial charge in [0.15, 0.2) is 5.82 Å². The summed E-state index contributed by atoms with van der Waals surface area (Å²) in [7, 11) is 0. The number of halogens is 3. The van der Waals surface area contributed by atoms with Crippen molar-refractivity contribution < 1.29 is 9.18 Å². The van der Waals surface area contributed by atoms with E-state index in [0.29, 0.717) is 11.2 Å². The van der Waals surface area contributed by atoms with Crippen LogP contribution in [-0.4, -0.2) is 15.9 Å². The molecule has 3 aromatic rings. The Morgan fingerprint density at radius 3 is 2.89 bits per heavy atom. The Morgan fingerprint density at radius 1 is 1.29 bits per heavy atom. The van der Waals surface area contributed by atoms with E-state index in [0.717, 1.165) is 29.5 Å². The highest BCUT2D eigenvalue weighted by molar-refractivity contribution is 6.42. The number of carbonyl (C=O) groups excluding carboxylic acids is 1. The fourth-order valence-electron chi connectivity index (χ4n) is 3.39. The summed E-state index contributed by atoms with van der Waals surface area (Å²) in [5.74, 6) is -0.442. The number of amides is 1. The van der Waals surface area contributed by atoms with Gasteiger partial charge in [-0.15, -0.1) is 0 Å². The smallest absolute Gasteiger partial charge is 0.243 e. The van der Waals surface area contributed by atoms with Crippen molar-refractivity contribution in [3.8, 4) is 0 Å². The van der Waals surface area contributed by atoms with Crippen molar-refractivity contribution >= 4 is 51.5 Å². The van der Waals surface area contributed by atoms with Crippen LogP contribution in [0.3, 0.4) is 0 Å². The SMILES string of the molecule is C=CC(=O)NC1CCc2cc3ncnc(Nc4ccc(Cl)c(Cl)c4F)c3cc21. The predicted molar refractivity (Wildman–Crippen MR) is 109 cm³/mol. The summed E-state index contributed by atoms with van der Waals surface area (Å²) in [4.78, 5) is 20.3. The summed E-state index contributed by atoms with van der Waals surface area (Å²) in [5.41, 5.74) is 3.00. The Kier molecular flexibility index (Phi) is 4.91. The third kappa shape index (κ3) is 3.30. The number of fused-ring (bicyclic) bond motifs is 2. The quantitative estimate of drug-likeness (QED) is 0.458. The molecule has 2 N–H and O–H groups in total. The van der Waals surface area contributed by atoms with Crippen LogP contribution >= 0.6 is 23.2 Å². The summed E-state index contributed by atoms with van der Waals surface area (Å²) in [6, 6.07) is 6.81. The van der Waals surface area contributed by atoms with Crippen LogP contribution in [0.2, 0.25) is 10.0 Å². The van der Waals surface area contributed by atoms with Crippen molar-refractivity contribution in [3.63, 3.8) is 0 Å². The second-order valence-corrected chi connectivity index (χ2v) is 7.23. The third-order valence-corrected chi connectivity index (χ3v) is 5.55. The van der Waals surface area contributed by atoms with E-state index in [-0.39, 0.29) is 27.7 Å². The maximum atomic E-state index is 14.4. The summed E-state index contributed by atoms with van der Waals surface area (Å²) in [6.45, 7) is 3.49. The maximum Gasteiger partial charge on any atom is 0.243 e. The molecule has 1 heterocycles. The Balaban J connectivity index is 1.76. The standard InChI is InChI=1S/C20H15Cl2FN4O/c1-2-17(28)26-14-5-3-10-7-16-12(8-11(10)14)20(25-9-24-16)27-15-6-4-13(21)18(22)19(15)23/h2,4,6-9,14H,1,3,5H2,(H,26,28)(H,24,25,27). The summed E-state index contributed by atoms with van der Waals surface area (Å²) < 4.78 is 14.4. The first kappa shape index (κ1) is 18.7. The molecule has 1 aromatic heterocycles. The Bertz CT molecular complexity index is 1120. The molecule has 0 aliphatic heterocycles. The van der Waals surface area contributed by atoms with Crippen LogP contribution < -0.4 is 10.6 Å². The minimum atomic E-state index is -0.654. The Morgan fingerprint density at radius 2 is 2.11 bits per heavy atom. The largest absolute Gasteiger partial charge is 0.346 e. The molecule has 1 aliphatic rings. The maximum absolute atomic E-state index is 14.4. The fraction of sp³-hybridized carbons (Fsp3) is 0.150. The minimum Gasteiger partial charge on any atom is -0.346 e. The lowest BCUT2D eigenvalue weighted by Gasteiger charge is -2.15. The number of benzene rings is 2. The molecule has 28 heavy (non-hydrogen) atoms. The first-order chi connectivity index (χ1) is 13.5. The van der Waals surface area contributed by atoms with Crippen molar-refractivity contribution in [3.05, 3.63) is 70.2 Å². The number of aryl methyl sites for hydroxylation is 1. The van der Waals surface area contributed by atoms with Gasteiger partial charge in [0.05, 0.1) is 27.3 Å². The lowest BCUT2D eigenvalue weighted by molar-refractivity contribution is -0.117. The van der Waals surface area contributed by atoms with Crippen LogP contribution in [0.15, 0.2) is 43.2 Å². The average molecular weight is 417 g/mol. The van der Waals surface area contributed by atoms with Gasteiger partial charge in [0.25, 0.3) is 0 Å². The predicted octanol–water partition coefficient (Wildman–Crippen LogP) is 5.11. The van der Waals surface area contributed by atoms with E-state index in [1.165, 1.54) is 24.5 Å². The van der Waals surface area contributed by atoms with Gasteiger partial charge in [-0.3, -0.25) is 4.79 Å². The molecule has 0 radical (unpaired) electrons. The molecule has 142 valence electrons. The topological polar surface area (TPSA) is 66.9 Å². The number of nitrogens with zero attached hydrogens (tertiary/aromatic N) is 2. The van der Waals surface area contributed by atoms with Gasteiger partial charge in [-0.25, -0.2) is 14.4 Å².